The summed E-state index contributed by atoms with van der Waals surface area (Å²) in [6.45, 7) is 9.30. The average Bonchev–Trinajstić information content (AvgIpc) is 3.00. The molecule has 4 nitrogen and oxygen atoms in total. The van der Waals surface area contributed by atoms with Crippen molar-refractivity contribution in [2.24, 2.45) is 0 Å². The topological polar surface area (TPSA) is 43.8 Å². The third kappa shape index (κ3) is 4.55. The normalized spacial score (nSPS) is 16.5. The Labute approximate surface area is 133 Å². The predicted molar refractivity (Wildman–Crippen MR) is 88.8 cm³/mol. The molecule has 1 heterocycles. The van der Waals surface area contributed by atoms with Crippen LogP contribution in [0.15, 0.2) is 24.3 Å². The van der Waals surface area contributed by atoms with Gasteiger partial charge >= 0.3 is 0 Å². The summed E-state index contributed by atoms with van der Waals surface area (Å²) in [4.78, 5) is 16.5. The molecule has 122 valence electrons. The first kappa shape index (κ1) is 17.0. The first-order valence-electron chi connectivity index (χ1n) is 8.27. The van der Waals surface area contributed by atoms with Gasteiger partial charge < -0.3 is 10.0 Å². The Hall–Kier alpha value is -1.39. The van der Waals surface area contributed by atoms with E-state index in [0.29, 0.717) is 12.6 Å². The van der Waals surface area contributed by atoms with E-state index in [9.17, 15) is 9.90 Å². The van der Waals surface area contributed by atoms with E-state index in [1.54, 1.807) is 0 Å². The first-order chi connectivity index (χ1) is 10.5. The van der Waals surface area contributed by atoms with Gasteiger partial charge in [-0.1, -0.05) is 12.1 Å². The van der Waals surface area contributed by atoms with Crippen LogP contribution in [0.1, 0.15) is 49.5 Å². The number of hydrogen-bond acceptors (Lipinski definition) is 3. The number of nitrogens with zero attached hydrogens (tertiary/aromatic N) is 2. The predicted octanol–water partition coefficient (Wildman–Crippen LogP) is 2.51. The molecule has 1 aliphatic rings. The highest BCUT2D eigenvalue weighted by atomic mass is 16.3. The van der Waals surface area contributed by atoms with E-state index in [-0.39, 0.29) is 12.0 Å². The molecule has 1 aliphatic heterocycles. The van der Waals surface area contributed by atoms with Crippen LogP contribution in [0, 0.1) is 0 Å². The molecule has 0 saturated carbocycles. The number of carbonyl (C=O) groups excluding carboxylic acids is 1. The molecule has 1 aromatic rings. The molecule has 4 heteroatoms. The molecular weight excluding hydrogens is 276 g/mol. The van der Waals surface area contributed by atoms with Gasteiger partial charge in [0, 0.05) is 37.8 Å². The van der Waals surface area contributed by atoms with Crippen molar-refractivity contribution in [1.82, 2.24) is 9.80 Å². The summed E-state index contributed by atoms with van der Waals surface area (Å²) < 4.78 is 0. The Bertz CT molecular complexity index is 476. The molecular formula is C18H28N2O2. The summed E-state index contributed by atoms with van der Waals surface area (Å²) in [6.07, 6.45) is 1.90. The fourth-order valence-electron chi connectivity index (χ4n) is 2.89. The molecule has 0 radical (unpaired) electrons. The summed E-state index contributed by atoms with van der Waals surface area (Å²) in [5.41, 5.74) is 1.95. The average molecular weight is 304 g/mol. The van der Waals surface area contributed by atoms with Crippen molar-refractivity contribution in [3.05, 3.63) is 35.4 Å². The minimum absolute atomic E-state index is 0.147. The maximum absolute atomic E-state index is 12.3. The highest BCUT2D eigenvalue weighted by Crippen LogP contribution is 2.15. The quantitative estimate of drug-likeness (QED) is 0.878. The van der Waals surface area contributed by atoms with E-state index in [4.69, 9.17) is 0 Å². The van der Waals surface area contributed by atoms with Crippen molar-refractivity contribution in [1.29, 1.82) is 0 Å². The van der Waals surface area contributed by atoms with Crippen LogP contribution in [0.3, 0.4) is 0 Å². The number of likely N-dealkylation sites (tertiary alicyclic amines) is 1. The molecule has 1 atom stereocenters. The van der Waals surface area contributed by atoms with Gasteiger partial charge in [0.15, 0.2) is 0 Å². The molecule has 0 bridgehead atoms. The third-order valence-corrected chi connectivity index (χ3v) is 4.21. The van der Waals surface area contributed by atoms with Crippen LogP contribution in [0.4, 0.5) is 0 Å². The van der Waals surface area contributed by atoms with Crippen LogP contribution in [0.5, 0.6) is 0 Å². The molecule has 22 heavy (non-hydrogen) atoms. The van der Waals surface area contributed by atoms with Crippen molar-refractivity contribution in [2.75, 3.05) is 19.6 Å². The van der Waals surface area contributed by atoms with Crippen LogP contribution in [-0.4, -0.2) is 52.6 Å². The van der Waals surface area contributed by atoms with Crippen molar-refractivity contribution in [3.63, 3.8) is 0 Å². The van der Waals surface area contributed by atoms with Crippen molar-refractivity contribution in [2.45, 2.75) is 52.3 Å². The van der Waals surface area contributed by atoms with Gasteiger partial charge in [-0.25, -0.2) is 0 Å². The Morgan fingerprint density at radius 1 is 1.18 bits per heavy atom. The SMILES string of the molecule is CC(O)CN(Cc1ccc(C(=O)N2CCCC2)cc1)C(C)C. The largest absolute Gasteiger partial charge is 0.392 e. The summed E-state index contributed by atoms with van der Waals surface area (Å²) in [5.74, 6) is 0.147. The molecule has 1 aromatic carbocycles. The van der Waals surface area contributed by atoms with E-state index in [2.05, 4.69) is 18.7 Å². The van der Waals surface area contributed by atoms with E-state index >= 15 is 0 Å². The number of aliphatic hydroxyl groups excluding tert-OH is 1. The molecule has 1 saturated heterocycles. The fourth-order valence-corrected chi connectivity index (χ4v) is 2.89. The zero-order chi connectivity index (χ0) is 16.1. The van der Waals surface area contributed by atoms with Gasteiger partial charge in [-0.05, 0) is 51.3 Å². The number of benzene rings is 1. The highest BCUT2D eigenvalue weighted by Gasteiger charge is 2.19. The molecule has 2 rings (SSSR count). The van der Waals surface area contributed by atoms with Crippen LogP contribution < -0.4 is 0 Å². The lowest BCUT2D eigenvalue weighted by Gasteiger charge is -2.27. The number of hydrogen-bond donors (Lipinski definition) is 1. The Morgan fingerprint density at radius 3 is 2.27 bits per heavy atom. The smallest absolute Gasteiger partial charge is 0.253 e. The monoisotopic (exact) mass is 304 g/mol. The molecule has 0 aliphatic carbocycles. The minimum Gasteiger partial charge on any atom is -0.392 e. The lowest BCUT2D eigenvalue weighted by atomic mass is 10.1. The Morgan fingerprint density at radius 2 is 1.77 bits per heavy atom. The maximum Gasteiger partial charge on any atom is 0.253 e. The van der Waals surface area contributed by atoms with Crippen molar-refractivity contribution in [3.8, 4) is 0 Å². The minimum atomic E-state index is -0.335. The third-order valence-electron chi connectivity index (χ3n) is 4.21. The first-order valence-corrected chi connectivity index (χ1v) is 8.27. The van der Waals surface area contributed by atoms with E-state index < -0.39 is 0 Å². The van der Waals surface area contributed by atoms with Gasteiger partial charge in [-0.15, -0.1) is 0 Å². The van der Waals surface area contributed by atoms with E-state index in [1.807, 2.05) is 36.1 Å². The van der Waals surface area contributed by atoms with Crippen LogP contribution in [-0.2, 0) is 6.54 Å². The molecule has 0 aromatic heterocycles. The second-order valence-electron chi connectivity index (χ2n) is 6.57. The van der Waals surface area contributed by atoms with Crippen LogP contribution in [0.2, 0.25) is 0 Å². The lowest BCUT2D eigenvalue weighted by Crippen LogP contribution is -2.36. The summed E-state index contributed by atoms with van der Waals surface area (Å²) in [6, 6.07) is 8.29. The van der Waals surface area contributed by atoms with Crippen LogP contribution in [0.25, 0.3) is 0 Å². The van der Waals surface area contributed by atoms with Gasteiger partial charge in [0.05, 0.1) is 6.10 Å². The fraction of sp³-hybridized carbons (Fsp3) is 0.611. The van der Waals surface area contributed by atoms with E-state index in [1.165, 1.54) is 5.56 Å². The maximum atomic E-state index is 12.3. The zero-order valence-corrected chi connectivity index (χ0v) is 14.0. The number of carbonyl (C=O) groups is 1. The number of aliphatic hydroxyl groups is 1. The van der Waals surface area contributed by atoms with Crippen molar-refractivity contribution >= 4 is 5.91 Å². The van der Waals surface area contributed by atoms with Gasteiger partial charge in [-0.3, -0.25) is 9.69 Å². The summed E-state index contributed by atoms with van der Waals surface area (Å²) in [5, 5.41) is 9.60. The van der Waals surface area contributed by atoms with Gasteiger partial charge in [-0.2, -0.15) is 0 Å². The standard InChI is InChI=1S/C18H28N2O2/c1-14(2)20(12-15(3)21)13-16-6-8-17(9-7-16)18(22)19-10-4-5-11-19/h6-9,14-15,21H,4-5,10-13H2,1-3H3. The van der Waals surface area contributed by atoms with Gasteiger partial charge in [0.25, 0.3) is 5.91 Å². The van der Waals surface area contributed by atoms with Crippen molar-refractivity contribution < 1.29 is 9.90 Å². The second kappa shape index (κ2) is 7.75. The molecule has 0 spiro atoms. The Kier molecular flexibility index (Phi) is 5.98. The highest BCUT2D eigenvalue weighted by molar-refractivity contribution is 5.94. The summed E-state index contributed by atoms with van der Waals surface area (Å²) >= 11 is 0. The van der Waals surface area contributed by atoms with Crippen LogP contribution >= 0.6 is 0 Å². The molecule has 1 fully saturated rings. The lowest BCUT2D eigenvalue weighted by molar-refractivity contribution is 0.0793. The van der Waals surface area contributed by atoms with Gasteiger partial charge in [0.1, 0.15) is 0 Å². The molecule has 1 N–H and O–H groups in total. The van der Waals surface area contributed by atoms with E-state index in [0.717, 1.165) is 38.0 Å². The zero-order valence-electron chi connectivity index (χ0n) is 14.0. The Balaban J connectivity index is 1.99. The molecule has 1 unspecified atom stereocenters. The second-order valence-corrected chi connectivity index (χ2v) is 6.57. The summed E-state index contributed by atoms with van der Waals surface area (Å²) in [7, 11) is 0. The van der Waals surface area contributed by atoms with Gasteiger partial charge in [0.2, 0.25) is 0 Å². The number of rotatable bonds is 6. The molecule has 1 amide bonds. The number of amides is 1.